The lowest BCUT2D eigenvalue weighted by atomic mass is 10.1. The first-order chi connectivity index (χ1) is 13.7. The zero-order valence-electron chi connectivity index (χ0n) is 15.6. The lowest BCUT2D eigenvalue weighted by Crippen LogP contribution is -2.25. The summed E-state index contributed by atoms with van der Waals surface area (Å²) in [6.45, 7) is 0.424. The summed E-state index contributed by atoms with van der Waals surface area (Å²) in [5.41, 5.74) is 2.80. The Bertz CT molecular complexity index is 938. The van der Waals surface area contributed by atoms with E-state index in [1.165, 1.54) is 0 Å². The van der Waals surface area contributed by atoms with E-state index < -0.39 is 0 Å². The number of hydrogen-bond donors (Lipinski definition) is 2. The minimum Gasteiger partial charge on any atom is -0.497 e. The molecule has 0 aliphatic rings. The number of carbonyl (C=O) groups excluding carboxylic acids is 2. The van der Waals surface area contributed by atoms with Crippen molar-refractivity contribution in [1.82, 2.24) is 5.32 Å². The molecule has 2 N–H and O–H groups in total. The predicted octanol–water partition coefficient (Wildman–Crippen LogP) is 3.81. The molecule has 0 aromatic heterocycles. The van der Waals surface area contributed by atoms with Gasteiger partial charge in [-0.1, -0.05) is 54.6 Å². The van der Waals surface area contributed by atoms with E-state index in [2.05, 4.69) is 10.6 Å². The van der Waals surface area contributed by atoms with E-state index >= 15 is 0 Å². The van der Waals surface area contributed by atoms with Gasteiger partial charge in [-0.3, -0.25) is 9.59 Å². The Labute approximate surface area is 164 Å². The van der Waals surface area contributed by atoms with Crippen molar-refractivity contribution in [2.24, 2.45) is 0 Å². The van der Waals surface area contributed by atoms with E-state index in [4.69, 9.17) is 4.74 Å². The number of ether oxygens (including phenoxy) is 1. The Balaban J connectivity index is 1.63. The number of amides is 2. The minimum absolute atomic E-state index is 0.187. The monoisotopic (exact) mass is 374 g/mol. The SMILES string of the molecule is COc1ccc(CC(=O)Nc2ccccc2C(=O)NCc2ccccc2)cc1. The van der Waals surface area contributed by atoms with Gasteiger partial charge in [0.1, 0.15) is 5.75 Å². The van der Waals surface area contributed by atoms with Gasteiger partial charge in [0.15, 0.2) is 0 Å². The van der Waals surface area contributed by atoms with E-state index in [9.17, 15) is 9.59 Å². The summed E-state index contributed by atoms with van der Waals surface area (Å²) in [6, 6.07) is 24.0. The van der Waals surface area contributed by atoms with Crippen molar-refractivity contribution < 1.29 is 14.3 Å². The van der Waals surface area contributed by atoms with Crippen molar-refractivity contribution in [3.8, 4) is 5.75 Å². The second kappa shape index (κ2) is 9.37. The van der Waals surface area contributed by atoms with E-state index in [-0.39, 0.29) is 18.2 Å². The van der Waals surface area contributed by atoms with Gasteiger partial charge in [0, 0.05) is 6.54 Å². The number of benzene rings is 3. The van der Waals surface area contributed by atoms with Gasteiger partial charge >= 0.3 is 0 Å². The summed E-state index contributed by atoms with van der Waals surface area (Å²) in [6.07, 6.45) is 0.212. The first-order valence-electron chi connectivity index (χ1n) is 8.99. The Morgan fingerprint density at radius 3 is 2.21 bits per heavy atom. The average molecular weight is 374 g/mol. The lowest BCUT2D eigenvalue weighted by Gasteiger charge is -2.12. The molecule has 3 aromatic carbocycles. The van der Waals surface area contributed by atoms with Gasteiger partial charge in [-0.05, 0) is 35.4 Å². The third-order valence-corrected chi connectivity index (χ3v) is 4.27. The summed E-state index contributed by atoms with van der Waals surface area (Å²) >= 11 is 0. The van der Waals surface area contributed by atoms with Crippen LogP contribution in [0.4, 0.5) is 5.69 Å². The molecule has 0 bridgehead atoms. The van der Waals surface area contributed by atoms with Crippen LogP contribution in [0.5, 0.6) is 5.75 Å². The normalized spacial score (nSPS) is 10.2. The molecule has 5 heteroatoms. The molecule has 0 fully saturated rings. The molecule has 0 atom stereocenters. The molecule has 0 unspecified atom stereocenters. The highest BCUT2D eigenvalue weighted by molar-refractivity contribution is 6.04. The molecule has 142 valence electrons. The van der Waals surface area contributed by atoms with Crippen LogP contribution in [0.2, 0.25) is 0 Å². The van der Waals surface area contributed by atoms with Crippen LogP contribution in [-0.2, 0) is 17.8 Å². The van der Waals surface area contributed by atoms with Gasteiger partial charge in [0.2, 0.25) is 5.91 Å². The molecular formula is C23H22N2O3. The van der Waals surface area contributed by atoms with Crippen LogP contribution in [0, 0.1) is 0 Å². The summed E-state index contributed by atoms with van der Waals surface area (Å²) in [4.78, 5) is 25.0. The Hall–Kier alpha value is -3.60. The van der Waals surface area contributed by atoms with E-state index in [1.807, 2.05) is 54.6 Å². The molecule has 5 nitrogen and oxygen atoms in total. The van der Waals surface area contributed by atoms with Gasteiger partial charge in [0.25, 0.3) is 5.91 Å². The fourth-order valence-electron chi connectivity index (χ4n) is 2.79. The number of carbonyl (C=O) groups is 2. The maximum atomic E-state index is 12.6. The molecule has 2 amide bonds. The van der Waals surface area contributed by atoms with Crippen LogP contribution >= 0.6 is 0 Å². The number of nitrogens with one attached hydrogen (secondary N) is 2. The standard InChI is InChI=1S/C23H22N2O3/c1-28-19-13-11-17(12-14-19)15-22(26)25-21-10-6-5-9-20(21)23(27)24-16-18-7-3-2-4-8-18/h2-14H,15-16H2,1H3,(H,24,27)(H,25,26). The van der Waals surface area contributed by atoms with Crippen molar-refractivity contribution in [3.63, 3.8) is 0 Å². The Morgan fingerprint density at radius 1 is 0.821 bits per heavy atom. The number of hydrogen-bond acceptors (Lipinski definition) is 3. The average Bonchev–Trinajstić information content (AvgIpc) is 2.73. The highest BCUT2D eigenvalue weighted by atomic mass is 16.5. The number of anilines is 1. The minimum atomic E-state index is -0.232. The molecule has 0 spiro atoms. The van der Waals surface area contributed by atoms with Crippen LogP contribution in [0.25, 0.3) is 0 Å². The maximum Gasteiger partial charge on any atom is 0.253 e. The van der Waals surface area contributed by atoms with Crippen molar-refractivity contribution in [1.29, 1.82) is 0 Å². The first kappa shape index (κ1) is 19.2. The molecule has 0 saturated carbocycles. The maximum absolute atomic E-state index is 12.6. The second-order valence-electron chi connectivity index (χ2n) is 6.29. The molecule has 0 aliphatic heterocycles. The third-order valence-electron chi connectivity index (χ3n) is 4.27. The predicted molar refractivity (Wildman–Crippen MR) is 109 cm³/mol. The number of rotatable bonds is 7. The zero-order chi connectivity index (χ0) is 19.8. The van der Waals surface area contributed by atoms with E-state index in [0.29, 0.717) is 17.8 Å². The van der Waals surface area contributed by atoms with Crippen molar-refractivity contribution in [2.75, 3.05) is 12.4 Å². The molecule has 0 radical (unpaired) electrons. The van der Waals surface area contributed by atoms with Crippen molar-refractivity contribution >= 4 is 17.5 Å². The van der Waals surface area contributed by atoms with Crippen LogP contribution in [0.3, 0.4) is 0 Å². The van der Waals surface area contributed by atoms with E-state index in [1.54, 1.807) is 31.4 Å². The number of methoxy groups -OCH3 is 1. The molecular weight excluding hydrogens is 352 g/mol. The van der Waals surface area contributed by atoms with Crippen LogP contribution in [0.1, 0.15) is 21.5 Å². The lowest BCUT2D eigenvalue weighted by molar-refractivity contribution is -0.115. The smallest absolute Gasteiger partial charge is 0.253 e. The summed E-state index contributed by atoms with van der Waals surface area (Å²) in [5.74, 6) is 0.322. The fraction of sp³-hybridized carbons (Fsp3) is 0.130. The Kier molecular flexibility index (Phi) is 6.41. The quantitative estimate of drug-likeness (QED) is 0.661. The van der Waals surface area contributed by atoms with Crippen LogP contribution in [-0.4, -0.2) is 18.9 Å². The molecule has 0 heterocycles. The van der Waals surface area contributed by atoms with Crippen LogP contribution < -0.4 is 15.4 Å². The zero-order valence-corrected chi connectivity index (χ0v) is 15.6. The molecule has 3 aromatic rings. The van der Waals surface area contributed by atoms with Crippen LogP contribution in [0.15, 0.2) is 78.9 Å². The fourth-order valence-corrected chi connectivity index (χ4v) is 2.79. The molecule has 3 rings (SSSR count). The van der Waals surface area contributed by atoms with Crippen molar-refractivity contribution in [2.45, 2.75) is 13.0 Å². The largest absolute Gasteiger partial charge is 0.497 e. The summed E-state index contributed by atoms with van der Waals surface area (Å²) < 4.78 is 5.12. The summed E-state index contributed by atoms with van der Waals surface area (Å²) in [7, 11) is 1.60. The molecule has 28 heavy (non-hydrogen) atoms. The second-order valence-corrected chi connectivity index (χ2v) is 6.29. The van der Waals surface area contributed by atoms with Gasteiger partial charge in [-0.25, -0.2) is 0 Å². The van der Waals surface area contributed by atoms with E-state index in [0.717, 1.165) is 16.9 Å². The topological polar surface area (TPSA) is 67.4 Å². The third kappa shape index (κ3) is 5.20. The Morgan fingerprint density at radius 2 is 1.50 bits per heavy atom. The van der Waals surface area contributed by atoms with Gasteiger partial charge in [0.05, 0.1) is 24.8 Å². The molecule has 0 saturated heterocycles. The highest BCUT2D eigenvalue weighted by Crippen LogP contribution is 2.17. The first-order valence-corrected chi connectivity index (χ1v) is 8.99. The number of para-hydroxylation sites is 1. The van der Waals surface area contributed by atoms with Gasteiger partial charge in [-0.15, -0.1) is 0 Å². The van der Waals surface area contributed by atoms with Crippen molar-refractivity contribution in [3.05, 3.63) is 95.6 Å². The summed E-state index contributed by atoms with van der Waals surface area (Å²) in [5, 5.41) is 5.72. The molecule has 0 aliphatic carbocycles. The van der Waals surface area contributed by atoms with Gasteiger partial charge in [-0.2, -0.15) is 0 Å². The highest BCUT2D eigenvalue weighted by Gasteiger charge is 2.13. The van der Waals surface area contributed by atoms with Gasteiger partial charge < -0.3 is 15.4 Å².